The van der Waals surface area contributed by atoms with Crippen LogP contribution >= 0.6 is 0 Å². The Morgan fingerprint density at radius 1 is 0.778 bits per heavy atom. The van der Waals surface area contributed by atoms with Crippen molar-refractivity contribution in [2.45, 2.75) is 46.8 Å². The molecule has 27 heavy (non-hydrogen) atoms. The van der Waals surface area contributed by atoms with E-state index >= 15 is 0 Å². The van der Waals surface area contributed by atoms with Crippen molar-refractivity contribution in [3.63, 3.8) is 0 Å². The second-order valence-electron chi connectivity index (χ2n) is 9.61. The van der Waals surface area contributed by atoms with E-state index in [-0.39, 0.29) is 5.41 Å². The van der Waals surface area contributed by atoms with Gasteiger partial charge < -0.3 is 4.65 Å². The van der Waals surface area contributed by atoms with Crippen molar-refractivity contribution in [3.05, 3.63) is 83.6 Å². The van der Waals surface area contributed by atoms with Crippen LogP contribution in [0.15, 0.2) is 83.6 Å². The molecule has 0 atom stereocenters. The molecule has 0 aromatic heterocycles. The number of allylic oxidation sites excluding steroid dienone is 4. The summed E-state index contributed by atoms with van der Waals surface area (Å²) in [5.41, 5.74) is 1.67. The number of hydrogen-bond donors (Lipinski definition) is 1. The molecule has 3 rings (SSSR count). The summed E-state index contributed by atoms with van der Waals surface area (Å²) < 4.78 is 4.33. The van der Waals surface area contributed by atoms with E-state index in [1.54, 1.807) is 5.20 Å². The minimum Gasteiger partial charge on any atom is -0.349 e. The van der Waals surface area contributed by atoms with Gasteiger partial charge in [0, 0.05) is 0 Å². The van der Waals surface area contributed by atoms with Crippen molar-refractivity contribution in [1.82, 2.24) is 4.65 Å². The van der Waals surface area contributed by atoms with Crippen molar-refractivity contribution < 1.29 is 0 Å². The summed E-state index contributed by atoms with van der Waals surface area (Å²) in [4.78, 5) is 0. The molecule has 0 heterocycles. The van der Waals surface area contributed by atoms with E-state index in [0.29, 0.717) is 0 Å². The van der Waals surface area contributed by atoms with Gasteiger partial charge in [0.25, 0.3) is 0 Å². The zero-order valence-corrected chi connectivity index (χ0v) is 19.6. The molecule has 0 fully saturated rings. The fraction of sp³-hybridized carbons (Fsp3) is 0.333. The lowest BCUT2D eigenvalue weighted by atomic mass is 9.87. The smallest absolute Gasteiger partial charge is 0.212 e. The predicted molar refractivity (Wildman–Crippen MR) is 125 cm³/mol. The van der Waals surface area contributed by atoms with Crippen LogP contribution in [0.5, 0.6) is 0 Å². The number of hydrogen-bond acceptors (Lipinski definition) is 1. The lowest BCUT2D eigenvalue weighted by Crippen LogP contribution is -2.75. The molecule has 1 N–H and O–H groups in total. The Kier molecular flexibility index (Phi) is 5.48. The van der Waals surface area contributed by atoms with Crippen LogP contribution in [0.4, 0.5) is 0 Å². The van der Waals surface area contributed by atoms with Crippen LogP contribution in [0, 0.1) is 5.41 Å². The van der Waals surface area contributed by atoms with Crippen LogP contribution in [0.1, 0.15) is 27.2 Å². The molecule has 2 aromatic carbocycles. The van der Waals surface area contributed by atoms with Crippen molar-refractivity contribution in [2.24, 2.45) is 5.41 Å². The maximum atomic E-state index is 4.33. The third-order valence-corrected chi connectivity index (χ3v) is 13.4. The van der Waals surface area contributed by atoms with Crippen molar-refractivity contribution in [1.29, 1.82) is 0 Å². The molecule has 0 spiro atoms. The lowest BCUT2D eigenvalue weighted by Gasteiger charge is -2.42. The van der Waals surface area contributed by atoms with Gasteiger partial charge in [0.2, 0.25) is 8.24 Å². The van der Waals surface area contributed by atoms with Crippen molar-refractivity contribution in [2.75, 3.05) is 0 Å². The van der Waals surface area contributed by atoms with E-state index in [9.17, 15) is 0 Å². The summed E-state index contributed by atoms with van der Waals surface area (Å²) in [6.45, 7) is 14.3. The number of benzene rings is 2. The second-order valence-corrected chi connectivity index (χ2v) is 18.4. The zero-order valence-electron chi connectivity index (χ0n) is 17.6. The Labute approximate surface area is 167 Å². The highest BCUT2D eigenvalue weighted by molar-refractivity contribution is 7.11. The van der Waals surface area contributed by atoms with Gasteiger partial charge in [-0.25, -0.2) is 0 Å². The standard InChI is InChI=1S/C24H33NSi2/c1-24(2,3)22-18-13-19-23(22)27(25-26(4,5)6,20-14-9-7-10-15-20)21-16-11-8-12-17-21/h7-18,25H,19H2,1-6H3. The summed E-state index contributed by atoms with van der Waals surface area (Å²) in [5.74, 6) is 0. The average molecular weight is 392 g/mol. The van der Waals surface area contributed by atoms with Crippen LogP contribution < -0.4 is 15.0 Å². The third-order valence-electron chi connectivity index (χ3n) is 5.17. The number of rotatable bonds is 5. The monoisotopic (exact) mass is 391 g/mol. The molecule has 1 aliphatic rings. The van der Waals surface area contributed by atoms with Gasteiger partial charge in [-0.1, -0.05) is 118 Å². The van der Waals surface area contributed by atoms with E-state index in [0.717, 1.165) is 6.42 Å². The molecular formula is C24H33NSi2. The average Bonchev–Trinajstić information content (AvgIpc) is 3.11. The molecule has 3 heteroatoms. The third kappa shape index (κ3) is 4.10. The molecule has 0 aliphatic heterocycles. The van der Waals surface area contributed by atoms with Gasteiger partial charge in [0.1, 0.15) is 8.24 Å². The quantitative estimate of drug-likeness (QED) is 0.706. The molecule has 0 radical (unpaired) electrons. The first-order chi connectivity index (χ1) is 12.6. The highest BCUT2D eigenvalue weighted by atomic mass is 28.4. The molecule has 2 aromatic rings. The Morgan fingerprint density at radius 3 is 1.67 bits per heavy atom. The van der Waals surface area contributed by atoms with Crippen molar-refractivity contribution >= 4 is 26.8 Å². The van der Waals surface area contributed by atoms with E-state index in [1.807, 2.05) is 0 Å². The summed E-state index contributed by atoms with van der Waals surface area (Å²) in [7, 11) is -3.86. The maximum absolute atomic E-state index is 4.33. The molecule has 0 saturated carbocycles. The highest BCUT2D eigenvalue weighted by Gasteiger charge is 2.46. The fourth-order valence-electron chi connectivity index (χ4n) is 4.24. The van der Waals surface area contributed by atoms with E-state index in [1.165, 1.54) is 15.9 Å². The normalized spacial score (nSPS) is 15.5. The molecule has 0 saturated heterocycles. The van der Waals surface area contributed by atoms with Crippen LogP contribution in [0.3, 0.4) is 0 Å². The van der Waals surface area contributed by atoms with Crippen LogP contribution in [0.2, 0.25) is 19.6 Å². The lowest BCUT2D eigenvalue weighted by molar-refractivity contribution is 0.516. The van der Waals surface area contributed by atoms with E-state index < -0.39 is 16.5 Å². The zero-order chi connectivity index (χ0) is 19.7. The maximum Gasteiger partial charge on any atom is 0.212 e. The Morgan fingerprint density at radius 2 is 1.26 bits per heavy atom. The molecule has 1 aliphatic carbocycles. The van der Waals surface area contributed by atoms with Crippen molar-refractivity contribution in [3.8, 4) is 0 Å². The van der Waals surface area contributed by atoms with E-state index in [2.05, 4.69) is 118 Å². The molecular weight excluding hydrogens is 358 g/mol. The van der Waals surface area contributed by atoms with Gasteiger partial charge in [-0.3, -0.25) is 0 Å². The summed E-state index contributed by atoms with van der Waals surface area (Å²) in [6.07, 6.45) is 5.81. The Balaban J connectivity index is 2.38. The SMILES string of the molecule is CC(C)(C)C1=C([Si](N[Si](C)(C)C)(c2ccccc2)c2ccccc2)CC=C1. The first kappa shape index (κ1) is 20.1. The summed E-state index contributed by atoms with van der Waals surface area (Å²) >= 11 is 0. The van der Waals surface area contributed by atoms with Gasteiger partial charge >= 0.3 is 0 Å². The number of nitrogens with one attached hydrogen (secondary N) is 1. The molecule has 1 nitrogen and oxygen atoms in total. The highest BCUT2D eigenvalue weighted by Crippen LogP contribution is 2.38. The van der Waals surface area contributed by atoms with Gasteiger partial charge in [-0.05, 0) is 27.8 Å². The Bertz CT molecular complexity index is 798. The minimum absolute atomic E-state index is 0.144. The van der Waals surface area contributed by atoms with Crippen LogP contribution in [0.25, 0.3) is 0 Å². The Hall–Kier alpha value is -1.69. The first-order valence-electron chi connectivity index (χ1n) is 9.96. The van der Waals surface area contributed by atoms with Crippen LogP contribution in [-0.4, -0.2) is 16.5 Å². The van der Waals surface area contributed by atoms with Crippen LogP contribution in [-0.2, 0) is 0 Å². The van der Waals surface area contributed by atoms with Gasteiger partial charge in [-0.15, -0.1) is 0 Å². The first-order valence-corrected chi connectivity index (χ1v) is 15.5. The summed E-state index contributed by atoms with van der Waals surface area (Å²) in [5, 5.41) is 4.58. The van der Waals surface area contributed by atoms with Gasteiger partial charge in [0.15, 0.2) is 0 Å². The predicted octanol–water partition coefficient (Wildman–Crippen LogP) is 5.01. The van der Waals surface area contributed by atoms with Gasteiger partial charge in [0.05, 0.1) is 0 Å². The second kappa shape index (κ2) is 7.38. The fourth-order valence-corrected chi connectivity index (χ4v) is 14.2. The minimum atomic E-state index is -2.29. The molecule has 0 amide bonds. The van der Waals surface area contributed by atoms with Gasteiger partial charge in [-0.2, -0.15) is 0 Å². The summed E-state index contributed by atoms with van der Waals surface area (Å²) in [6, 6.07) is 22.4. The largest absolute Gasteiger partial charge is 0.349 e. The topological polar surface area (TPSA) is 12.0 Å². The van der Waals surface area contributed by atoms with E-state index in [4.69, 9.17) is 0 Å². The molecule has 0 bridgehead atoms. The molecule has 0 unspecified atom stereocenters. The molecule has 142 valence electrons.